The zero-order valence-electron chi connectivity index (χ0n) is 16.6. The number of aryl methyl sites for hydroxylation is 1. The third-order valence-electron chi connectivity index (χ3n) is 4.58. The molecule has 27 heavy (non-hydrogen) atoms. The van der Waals surface area contributed by atoms with Crippen LogP contribution in [-0.2, 0) is 9.59 Å². The van der Waals surface area contributed by atoms with Crippen LogP contribution in [0.3, 0.4) is 0 Å². The summed E-state index contributed by atoms with van der Waals surface area (Å²) < 4.78 is 0. The summed E-state index contributed by atoms with van der Waals surface area (Å²) in [5.41, 5.74) is 2.60. The second-order valence-corrected chi connectivity index (χ2v) is 8.33. The van der Waals surface area contributed by atoms with Crippen molar-refractivity contribution < 1.29 is 9.59 Å². The fourth-order valence-corrected chi connectivity index (χ4v) is 4.34. The lowest BCUT2D eigenvalue weighted by molar-refractivity contribution is -0.131. The van der Waals surface area contributed by atoms with Crippen LogP contribution in [0.5, 0.6) is 0 Å². The summed E-state index contributed by atoms with van der Waals surface area (Å²) in [4.78, 5) is 26.7. The smallest absolute Gasteiger partial charge is 0.233 e. The van der Waals surface area contributed by atoms with Gasteiger partial charge < -0.3 is 10.2 Å². The molecule has 0 saturated heterocycles. The van der Waals surface area contributed by atoms with Gasteiger partial charge in [0, 0.05) is 24.4 Å². The predicted molar refractivity (Wildman–Crippen MR) is 109 cm³/mol. The Bertz CT molecular complexity index is 768. The van der Waals surface area contributed by atoms with Crippen molar-refractivity contribution in [3.05, 3.63) is 46.0 Å². The van der Waals surface area contributed by atoms with Crippen LogP contribution in [0.25, 0.3) is 0 Å². The normalized spacial score (nSPS) is 17.1. The summed E-state index contributed by atoms with van der Waals surface area (Å²) in [7, 11) is 0. The van der Waals surface area contributed by atoms with E-state index in [-0.39, 0.29) is 42.0 Å². The van der Waals surface area contributed by atoms with Crippen LogP contribution in [0, 0.1) is 18.3 Å². The topological polar surface area (TPSA) is 73.2 Å². The van der Waals surface area contributed by atoms with E-state index in [0.717, 1.165) is 11.1 Å². The number of amides is 2. The van der Waals surface area contributed by atoms with Crippen LogP contribution in [0.1, 0.15) is 51.2 Å². The lowest BCUT2D eigenvalue weighted by Crippen LogP contribution is -2.43. The molecule has 0 fully saturated rings. The number of carbonyl (C=O) groups is 2. The van der Waals surface area contributed by atoms with Crippen LogP contribution in [-0.4, -0.2) is 34.6 Å². The Balaban J connectivity index is 2.24. The second kappa shape index (κ2) is 9.09. The lowest BCUT2D eigenvalue weighted by Gasteiger charge is -2.31. The van der Waals surface area contributed by atoms with Crippen molar-refractivity contribution in [1.29, 1.82) is 5.26 Å². The van der Waals surface area contributed by atoms with E-state index < -0.39 is 0 Å². The molecule has 1 atom stereocenters. The van der Waals surface area contributed by atoms with Crippen molar-refractivity contribution in [3.63, 3.8) is 0 Å². The number of nitrogens with zero attached hydrogens (tertiary/aromatic N) is 2. The average molecular weight is 386 g/mol. The molecule has 0 saturated carbocycles. The van der Waals surface area contributed by atoms with E-state index >= 15 is 0 Å². The summed E-state index contributed by atoms with van der Waals surface area (Å²) in [6.45, 7) is 9.94. The minimum Gasteiger partial charge on any atom is -0.337 e. The molecular formula is C21H27N3O2S. The Hall–Kier alpha value is -2.26. The first-order valence-corrected chi connectivity index (χ1v) is 10.2. The van der Waals surface area contributed by atoms with Gasteiger partial charge in [-0.15, -0.1) is 0 Å². The predicted octanol–water partition coefficient (Wildman–Crippen LogP) is 3.71. The summed E-state index contributed by atoms with van der Waals surface area (Å²) in [5, 5.41) is 13.0. The van der Waals surface area contributed by atoms with Gasteiger partial charge in [-0.25, -0.2) is 0 Å². The van der Waals surface area contributed by atoms with Gasteiger partial charge in [-0.05, 0) is 40.2 Å². The maximum atomic E-state index is 12.6. The highest BCUT2D eigenvalue weighted by atomic mass is 32.2. The molecule has 0 aliphatic carbocycles. The SMILES string of the molecule is Cc1ccc([C@H]2CC(=O)NC(SCC(=O)N(C(C)C)C(C)C)=C2C#N)cc1. The molecule has 0 unspecified atom stereocenters. The zero-order valence-corrected chi connectivity index (χ0v) is 17.4. The third-order valence-corrected chi connectivity index (χ3v) is 5.58. The summed E-state index contributed by atoms with van der Waals surface area (Å²) >= 11 is 1.24. The highest BCUT2D eigenvalue weighted by Gasteiger charge is 2.30. The number of rotatable bonds is 6. The molecule has 0 radical (unpaired) electrons. The molecule has 1 aliphatic heterocycles. The molecule has 1 aromatic carbocycles. The average Bonchev–Trinajstić information content (AvgIpc) is 2.59. The van der Waals surface area contributed by atoms with E-state index in [2.05, 4.69) is 11.4 Å². The van der Waals surface area contributed by atoms with Gasteiger partial charge in [0.15, 0.2) is 0 Å². The monoisotopic (exact) mass is 385 g/mol. The molecule has 6 heteroatoms. The van der Waals surface area contributed by atoms with Gasteiger partial charge in [0.1, 0.15) is 0 Å². The molecule has 0 aromatic heterocycles. The van der Waals surface area contributed by atoms with Gasteiger partial charge >= 0.3 is 0 Å². The van der Waals surface area contributed by atoms with Crippen LogP contribution >= 0.6 is 11.8 Å². The first-order valence-electron chi connectivity index (χ1n) is 9.19. The van der Waals surface area contributed by atoms with Crippen molar-refractivity contribution in [2.75, 3.05) is 5.75 Å². The summed E-state index contributed by atoms with van der Waals surface area (Å²) in [6, 6.07) is 10.3. The fraction of sp³-hybridized carbons (Fsp3) is 0.476. The van der Waals surface area contributed by atoms with Gasteiger partial charge in [-0.2, -0.15) is 5.26 Å². The molecule has 1 aromatic rings. The number of carbonyl (C=O) groups excluding carboxylic acids is 2. The molecule has 2 rings (SSSR count). The molecule has 1 N–H and O–H groups in total. The third kappa shape index (κ3) is 5.14. The quantitative estimate of drug-likeness (QED) is 0.810. The first-order chi connectivity index (χ1) is 12.7. The summed E-state index contributed by atoms with van der Waals surface area (Å²) in [5.74, 6) is -0.202. The van der Waals surface area contributed by atoms with E-state index in [9.17, 15) is 14.9 Å². The minimum atomic E-state index is -0.270. The highest BCUT2D eigenvalue weighted by Crippen LogP contribution is 2.36. The Labute approximate surface area is 165 Å². The van der Waals surface area contributed by atoms with Crippen LogP contribution in [0.2, 0.25) is 0 Å². The number of hydrogen-bond donors (Lipinski definition) is 1. The number of allylic oxidation sites excluding steroid dienone is 1. The molecule has 1 heterocycles. The minimum absolute atomic E-state index is 0.00139. The van der Waals surface area contributed by atoms with E-state index in [0.29, 0.717) is 10.6 Å². The molecule has 144 valence electrons. The van der Waals surface area contributed by atoms with E-state index in [1.165, 1.54) is 11.8 Å². The van der Waals surface area contributed by atoms with Crippen LogP contribution in [0.15, 0.2) is 34.9 Å². The number of nitrogens with one attached hydrogen (secondary N) is 1. The second-order valence-electron chi connectivity index (χ2n) is 7.35. The molecule has 5 nitrogen and oxygen atoms in total. The number of benzene rings is 1. The Kier molecular flexibility index (Phi) is 7.09. The molecule has 0 bridgehead atoms. The van der Waals surface area contributed by atoms with Gasteiger partial charge in [0.25, 0.3) is 0 Å². The first kappa shape index (κ1) is 21.0. The largest absolute Gasteiger partial charge is 0.337 e. The molecule has 2 amide bonds. The number of thioether (sulfide) groups is 1. The fourth-order valence-electron chi connectivity index (χ4n) is 3.40. The van der Waals surface area contributed by atoms with Gasteiger partial charge in [0.05, 0.1) is 22.4 Å². The van der Waals surface area contributed by atoms with Crippen molar-refractivity contribution in [2.45, 2.75) is 59.0 Å². The van der Waals surface area contributed by atoms with Gasteiger partial charge in [-0.1, -0.05) is 41.6 Å². The zero-order chi connectivity index (χ0) is 20.1. The van der Waals surface area contributed by atoms with E-state index in [1.807, 2.05) is 63.8 Å². The molecule has 0 spiro atoms. The number of nitriles is 1. The van der Waals surface area contributed by atoms with Crippen molar-refractivity contribution >= 4 is 23.6 Å². The molecular weight excluding hydrogens is 358 g/mol. The summed E-state index contributed by atoms with van der Waals surface area (Å²) in [6.07, 6.45) is 0.244. The Morgan fingerprint density at radius 1 is 1.26 bits per heavy atom. The van der Waals surface area contributed by atoms with Crippen LogP contribution < -0.4 is 5.32 Å². The maximum absolute atomic E-state index is 12.6. The van der Waals surface area contributed by atoms with E-state index in [4.69, 9.17) is 0 Å². The van der Waals surface area contributed by atoms with Crippen molar-refractivity contribution in [1.82, 2.24) is 10.2 Å². The molecule has 1 aliphatic rings. The highest BCUT2D eigenvalue weighted by molar-refractivity contribution is 8.03. The van der Waals surface area contributed by atoms with Gasteiger partial charge in [0.2, 0.25) is 11.8 Å². The van der Waals surface area contributed by atoms with E-state index in [1.54, 1.807) is 0 Å². The van der Waals surface area contributed by atoms with Crippen LogP contribution in [0.4, 0.5) is 0 Å². The van der Waals surface area contributed by atoms with Crippen molar-refractivity contribution in [2.24, 2.45) is 0 Å². The standard InChI is InChI=1S/C21H27N3O2S/c1-13(2)24(14(3)4)20(26)12-27-21-18(11-22)17(10-19(25)23-21)16-8-6-15(5)7-9-16/h6-9,13-14,17H,10,12H2,1-5H3,(H,23,25)/t17-/m1/s1. The Morgan fingerprint density at radius 2 is 1.85 bits per heavy atom. The number of hydrogen-bond acceptors (Lipinski definition) is 4. The van der Waals surface area contributed by atoms with Gasteiger partial charge in [-0.3, -0.25) is 9.59 Å². The Morgan fingerprint density at radius 3 is 2.37 bits per heavy atom. The maximum Gasteiger partial charge on any atom is 0.233 e. The lowest BCUT2D eigenvalue weighted by atomic mass is 9.87. The van der Waals surface area contributed by atoms with Crippen molar-refractivity contribution in [3.8, 4) is 6.07 Å².